The molecule has 1 fully saturated rings. The van der Waals surface area contributed by atoms with Crippen LogP contribution in [0.4, 0.5) is 5.69 Å². The van der Waals surface area contributed by atoms with E-state index in [-0.39, 0.29) is 5.91 Å². The summed E-state index contributed by atoms with van der Waals surface area (Å²) < 4.78 is 0. The van der Waals surface area contributed by atoms with Crippen LogP contribution >= 0.6 is 0 Å². The Kier molecular flexibility index (Phi) is 4.18. The molecule has 2 rings (SSSR count). The van der Waals surface area contributed by atoms with E-state index in [0.717, 1.165) is 18.8 Å². The van der Waals surface area contributed by atoms with Gasteiger partial charge in [0, 0.05) is 26.2 Å². The SMILES string of the molecule is CNC(C)(C)C(=O)N1CCN(c2ccccc2O)CC1. The van der Waals surface area contributed by atoms with Crippen LogP contribution in [0, 0.1) is 0 Å². The number of phenols is 1. The molecule has 0 aromatic heterocycles. The van der Waals surface area contributed by atoms with Gasteiger partial charge in [0.2, 0.25) is 5.91 Å². The van der Waals surface area contributed by atoms with Crippen molar-refractivity contribution in [3.8, 4) is 5.75 Å². The molecule has 0 atom stereocenters. The number of nitrogens with zero attached hydrogens (tertiary/aromatic N) is 2. The van der Waals surface area contributed by atoms with Crippen molar-refractivity contribution in [3.05, 3.63) is 24.3 Å². The molecule has 5 nitrogen and oxygen atoms in total. The molecule has 0 unspecified atom stereocenters. The first-order valence-electron chi connectivity index (χ1n) is 6.97. The average Bonchev–Trinajstić information content (AvgIpc) is 2.47. The number of likely N-dealkylation sites (N-methyl/N-ethyl adjacent to an activating group) is 1. The van der Waals surface area contributed by atoms with Gasteiger partial charge in [-0.3, -0.25) is 4.79 Å². The minimum absolute atomic E-state index is 0.122. The van der Waals surface area contributed by atoms with Crippen LogP contribution in [0.5, 0.6) is 5.75 Å². The highest BCUT2D eigenvalue weighted by Crippen LogP contribution is 2.27. The van der Waals surface area contributed by atoms with Crippen molar-refractivity contribution in [1.29, 1.82) is 0 Å². The standard InChI is InChI=1S/C15H23N3O2/c1-15(2,16-3)14(20)18-10-8-17(9-11-18)12-6-4-5-7-13(12)19/h4-7,16,19H,8-11H2,1-3H3. The number of carbonyl (C=O) groups excluding carboxylic acids is 1. The maximum atomic E-state index is 12.4. The summed E-state index contributed by atoms with van der Waals surface area (Å²) in [6.45, 7) is 6.62. The van der Waals surface area contributed by atoms with Gasteiger partial charge >= 0.3 is 0 Å². The second kappa shape index (κ2) is 5.71. The highest BCUT2D eigenvalue weighted by molar-refractivity contribution is 5.85. The van der Waals surface area contributed by atoms with Crippen molar-refractivity contribution >= 4 is 11.6 Å². The van der Waals surface area contributed by atoms with Gasteiger partial charge in [0.15, 0.2) is 0 Å². The van der Waals surface area contributed by atoms with Gasteiger partial charge in [-0.2, -0.15) is 0 Å². The molecular weight excluding hydrogens is 254 g/mol. The number of amides is 1. The highest BCUT2D eigenvalue weighted by atomic mass is 16.3. The van der Waals surface area contributed by atoms with Crippen molar-refractivity contribution in [3.63, 3.8) is 0 Å². The number of rotatable bonds is 3. The van der Waals surface area contributed by atoms with Crippen LogP contribution in [0.2, 0.25) is 0 Å². The number of hydrogen-bond acceptors (Lipinski definition) is 4. The van der Waals surface area contributed by atoms with Gasteiger partial charge in [0.05, 0.1) is 11.2 Å². The van der Waals surface area contributed by atoms with Crippen molar-refractivity contribution in [1.82, 2.24) is 10.2 Å². The number of nitrogens with one attached hydrogen (secondary N) is 1. The molecule has 0 saturated carbocycles. The van der Waals surface area contributed by atoms with Crippen molar-refractivity contribution in [2.75, 3.05) is 38.1 Å². The summed E-state index contributed by atoms with van der Waals surface area (Å²) in [5.41, 5.74) is 0.310. The first-order chi connectivity index (χ1) is 9.45. The fourth-order valence-corrected chi connectivity index (χ4v) is 2.38. The molecule has 0 aliphatic carbocycles. The molecule has 0 radical (unpaired) electrons. The zero-order valence-corrected chi connectivity index (χ0v) is 12.4. The maximum Gasteiger partial charge on any atom is 0.242 e. The quantitative estimate of drug-likeness (QED) is 0.867. The van der Waals surface area contributed by atoms with Gasteiger partial charge < -0.3 is 20.2 Å². The van der Waals surface area contributed by atoms with Crippen LogP contribution in [-0.2, 0) is 4.79 Å². The van der Waals surface area contributed by atoms with Crippen LogP contribution in [0.3, 0.4) is 0 Å². The predicted octanol–water partition coefficient (Wildman–Crippen LogP) is 1.04. The molecule has 1 aromatic carbocycles. The molecule has 1 aliphatic heterocycles. The van der Waals surface area contributed by atoms with Gasteiger partial charge in [0.25, 0.3) is 0 Å². The molecule has 2 N–H and O–H groups in total. The minimum atomic E-state index is -0.531. The third kappa shape index (κ3) is 2.88. The highest BCUT2D eigenvalue weighted by Gasteiger charge is 2.32. The Morgan fingerprint density at radius 1 is 1.20 bits per heavy atom. The monoisotopic (exact) mass is 277 g/mol. The zero-order chi connectivity index (χ0) is 14.8. The molecule has 0 spiro atoms. The lowest BCUT2D eigenvalue weighted by Gasteiger charge is -2.39. The fraction of sp³-hybridized carbons (Fsp3) is 0.533. The van der Waals surface area contributed by atoms with Crippen LogP contribution in [0.1, 0.15) is 13.8 Å². The number of aromatic hydroxyl groups is 1. The fourth-order valence-electron chi connectivity index (χ4n) is 2.38. The number of anilines is 1. The number of hydrogen-bond donors (Lipinski definition) is 2. The molecule has 1 heterocycles. The van der Waals surface area contributed by atoms with E-state index >= 15 is 0 Å². The Hall–Kier alpha value is -1.75. The van der Waals surface area contributed by atoms with Crippen molar-refractivity contribution in [2.24, 2.45) is 0 Å². The molecule has 110 valence electrons. The van der Waals surface area contributed by atoms with E-state index < -0.39 is 5.54 Å². The Labute approximate surface area is 120 Å². The van der Waals surface area contributed by atoms with Crippen LogP contribution in [0.25, 0.3) is 0 Å². The van der Waals surface area contributed by atoms with Gasteiger partial charge in [0.1, 0.15) is 5.75 Å². The van der Waals surface area contributed by atoms with Crippen molar-refractivity contribution in [2.45, 2.75) is 19.4 Å². The van der Waals surface area contributed by atoms with Gasteiger partial charge in [-0.05, 0) is 33.0 Å². The summed E-state index contributed by atoms with van der Waals surface area (Å²) in [4.78, 5) is 16.4. The van der Waals surface area contributed by atoms with E-state index in [9.17, 15) is 9.90 Å². The summed E-state index contributed by atoms with van der Waals surface area (Å²) >= 11 is 0. The van der Waals surface area contributed by atoms with Crippen LogP contribution < -0.4 is 10.2 Å². The maximum absolute atomic E-state index is 12.4. The molecule has 5 heteroatoms. The van der Waals surface area contributed by atoms with Gasteiger partial charge in [-0.15, -0.1) is 0 Å². The predicted molar refractivity (Wildman–Crippen MR) is 80.0 cm³/mol. The first kappa shape index (κ1) is 14.7. The smallest absolute Gasteiger partial charge is 0.242 e. The summed E-state index contributed by atoms with van der Waals surface area (Å²) in [6.07, 6.45) is 0. The Balaban J connectivity index is 2.00. The van der Waals surface area contributed by atoms with Gasteiger partial charge in [-0.25, -0.2) is 0 Å². The second-order valence-corrected chi connectivity index (χ2v) is 5.64. The lowest BCUT2D eigenvalue weighted by atomic mass is 10.0. The molecule has 1 amide bonds. The first-order valence-corrected chi connectivity index (χ1v) is 6.97. The molecule has 1 aromatic rings. The molecule has 1 saturated heterocycles. The summed E-state index contributed by atoms with van der Waals surface area (Å²) in [6, 6.07) is 7.33. The van der Waals surface area contributed by atoms with E-state index in [1.165, 1.54) is 0 Å². The van der Waals surface area contributed by atoms with E-state index in [4.69, 9.17) is 0 Å². The zero-order valence-electron chi connectivity index (χ0n) is 12.4. The molecule has 0 bridgehead atoms. The lowest BCUT2D eigenvalue weighted by molar-refractivity contribution is -0.137. The third-order valence-electron chi connectivity index (χ3n) is 3.95. The van der Waals surface area contributed by atoms with E-state index in [0.29, 0.717) is 18.8 Å². The van der Waals surface area contributed by atoms with Crippen LogP contribution in [0.15, 0.2) is 24.3 Å². The molecule has 20 heavy (non-hydrogen) atoms. The lowest BCUT2D eigenvalue weighted by Crippen LogP contribution is -2.58. The van der Waals surface area contributed by atoms with E-state index in [1.807, 2.05) is 36.9 Å². The van der Waals surface area contributed by atoms with E-state index in [2.05, 4.69) is 10.2 Å². The largest absolute Gasteiger partial charge is 0.506 e. The average molecular weight is 277 g/mol. The topological polar surface area (TPSA) is 55.8 Å². The number of piperazine rings is 1. The third-order valence-corrected chi connectivity index (χ3v) is 3.95. The van der Waals surface area contributed by atoms with Gasteiger partial charge in [-0.1, -0.05) is 12.1 Å². The number of carbonyl (C=O) groups is 1. The van der Waals surface area contributed by atoms with E-state index in [1.54, 1.807) is 13.1 Å². The Bertz CT molecular complexity index is 480. The number of phenolic OH excluding ortho intramolecular Hbond substituents is 1. The number of para-hydroxylation sites is 2. The Morgan fingerprint density at radius 2 is 1.80 bits per heavy atom. The molecular formula is C15H23N3O2. The summed E-state index contributed by atoms with van der Waals surface area (Å²) in [5, 5.41) is 12.9. The normalized spacial score (nSPS) is 16.4. The van der Waals surface area contributed by atoms with Crippen LogP contribution in [-0.4, -0.2) is 54.7 Å². The molecule has 1 aliphatic rings. The van der Waals surface area contributed by atoms with Crippen molar-refractivity contribution < 1.29 is 9.90 Å². The number of benzene rings is 1. The second-order valence-electron chi connectivity index (χ2n) is 5.64. The Morgan fingerprint density at radius 3 is 2.35 bits per heavy atom. The summed E-state index contributed by atoms with van der Waals surface area (Å²) in [5.74, 6) is 0.416. The summed E-state index contributed by atoms with van der Waals surface area (Å²) in [7, 11) is 1.80. The minimum Gasteiger partial charge on any atom is -0.506 e.